The average Bonchev–Trinajstić information content (AvgIpc) is 2.41. The third-order valence-corrected chi connectivity index (χ3v) is 4.17. The molecule has 0 radical (unpaired) electrons. The summed E-state index contributed by atoms with van der Waals surface area (Å²) in [4.78, 5) is 12.6. The molecule has 0 N–H and O–H groups in total. The van der Waals surface area contributed by atoms with Gasteiger partial charge in [0.15, 0.2) is 5.78 Å². The summed E-state index contributed by atoms with van der Waals surface area (Å²) in [5, 5.41) is 9.83. The number of hydrogen-bond acceptors (Lipinski definition) is 2. The van der Waals surface area contributed by atoms with Crippen molar-refractivity contribution in [1.82, 2.24) is 0 Å². The topological polar surface area (TPSA) is 40.9 Å². The maximum Gasteiger partial charge on any atom is 0.187 e. The second kappa shape index (κ2) is 6.41. The number of carbonyl (C=O) groups is 1. The van der Waals surface area contributed by atoms with Crippen molar-refractivity contribution < 1.29 is 4.79 Å². The van der Waals surface area contributed by atoms with E-state index < -0.39 is 11.7 Å². The number of nitriles is 1. The molecule has 0 amide bonds. The van der Waals surface area contributed by atoms with Crippen LogP contribution in [0.5, 0.6) is 0 Å². The number of rotatable bonds is 3. The molecule has 2 aromatic rings. The predicted octanol–water partition coefficient (Wildman–Crippen LogP) is 5.25. The maximum absolute atomic E-state index is 12.6. The Hall–Kier alpha value is -1.34. The fourth-order valence-corrected chi connectivity index (χ4v) is 2.95. The second-order valence-corrected chi connectivity index (χ2v) is 5.71. The normalized spacial score (nSPS) is 11.7. The Morgan fingerprint density at radius 2 is 1.70 bits per heavy atom. The number of ketones is 1. The van der Waals surface area contributed by atoms with Crippen LogP contribution in [0, 0.1) is 11.3 Å². The van der Waals surface area contributed by atoms with Crippen molar-refractivity contribution in [1.29, 1.82) is 5.26 Å². The first-order valence-corrected chi connectivity index (χ1v) is 7.23. The number of hydrogen-bond donors (Lipinski definition) is 0. The van der Waals surface area contributed by atoms with Crippen LogP contribution in [0.15, 0.2) is 46.9 Å². The molecule has 2 rings (SSSR count). The lowest BCUT2D eigenvalue weighted by Crippen LogP contribution is -2.13. The highest BCUT2D eigenvalue weighted by molar-refractivity contribution is 9.10. The van der Waals surface area contributed by atoms with Crippen molar-refractivity contribution in [2.75, 3.05) is 0 Å². The molecular weight excluding hydrogens is 361 g/mol. The van der Waals surface area contributed by atoms with Crippen LogP contribution in [-0.2, 0) is 0 Å². The minimum Gasteiger partial charge on any atom is -0.292 e. The van der Waals surface area contributed by atoms with E-state index in [4.69, 9.17) is 23.2 Å². The van der Waals surface area contributed by atoms with Crippen LogP contribution in [0.2, 0.25) is 10.0 Å². The van der Waals surface area contributed by atoms with Crippen molar-refractivity contribution in [3.05, 3.63) is 68.1 Å². The molecule has 0 aliphatic carbocycles. The van der Waals surface area contributed by atoms with Crippen LogP contribution in [0.1, 0.15) is 21.8 Å². The molecule has 20 heavy (non-hydrogen) atoms. The van der Waals surface area contributed by atoms with Gasteiger partial charge in [0.2, 0.25) is 0 Å². The smallest absolute Gasteiger partial charge is 0.187 e. The zero-order valence-electron chi connectivity index (χ0n) is 10.1. The van der Waals surface area contributed by atoms with Crippen LogP contribution in [-0.4, -0.2) is 5.78 Å². The van der Waals surface area contributed by atoms with Crippen molar-refractivity contribution >= 4 is 44.9 Å². The van der Waals surface area contributed by atoms with E-state index in [1.807, 2.05) is 12.1 Å². The number of nitrogens with zero attached hydrogens (tertiary/aromatic N) is 1. The molecule has 1 unspecified atom stereocenters. The minimum atomic E-state index is -0.956. The van der Waals surface area contributed by atoms with E-state index in [1.54, 1.807) is 36.4 Å². The minimum absolute atomic E-state index is 0.179. The Labute approximate surface area is 135 Å². The van der Waals surface area contributed by atoms with Crippen LogP contribution in [0.4, 0.5) is 0 Å². The zero-order valence-corrected chi connectivity index (χ0v) is 13.2. The number of carbonyl (C=O) groups excluding carboxylic acids is 1. The summed E-state index contributed by atoms with van der Waals surface area (Å²) in [6.07, 6.45) is 0. The van der Waals surface area contributed by atoms with E-state index in [0.717, 1.165) is 0 Å². The van der Waals surface area contributed by atoms with Gasteiger partial charge in [-0.25, -0.2) is 0 Å². The second-order valence-electron chi connectivity index (χ2n) is 4.04. The van der Waals surface area contributed by atoms with Gasteiger partial charge in [0, 0.05) is 4.47 Å². The number of halogens is 3. The van der Waals surface area contributed by atoms with Gasteiger partial charge in [0.25, 0.3) is 0 Å². The molecule has 2 aromatic carbocycles. The van der Waals surface area contributed by atoms with Gasteiger partial charge in [0.1, 0.15) is 5.92 Å². The van der Waals surface area contributed by atoms with Crippen molar-refractivity contribution in [2.45, 2.75) is 5.92 Å². The van der Waals surface area contributed by atoms with Crippen molar-refractivity contribution in [3.63, 3.8) is 0 Å². The summed E-state index contributed by atoms with van der Waals surface area (Å²) in [5.41, 5.74) is 0.772. The molecule has 0 aromatic heterocycles. The molecule has 0 aliphatic rings. The molecule has 0 fully saturated rings. The third kappa shape index (κ3) is 2.88. The molecule has 100 valence electrons. The summed E-state index contributed by atoms with van der Waals surface area (Å²) in [6.45, 7) is 0. The average molecular weight is 369 g/mol. The van der Waals surface area contributed by atoms with E-state index >= 15 is 0 Å². The molecule has 0 aliphatic heterocycles. The monoisotopic (exact) mass is 367 g/mol. The first-order chi connectivity index (χ1) is 9.56. The highest BCUT2D eigenvalue weighted by Gasteiger charge is 2.27. The van der Waals surface area contributed by atoms with Gasteiger partial charge in [-0.05, 0) is 23.8 Å². The molecule has 0 saturated carbocycles. The first-order valence-electron chi connectivity index (χ1n) is 5.68. The van der Waals surface area contributed by atoms with Gasteiger partial charge < -0.3 is 0 Å². The van der Waals surface area contributed by atoms with Crippen LogP contribution >= 0.6 is 39.1 Å². The third-order valence-electron chi connectivity index (χ3n) is 2.82. The maximum atomic E-state index is 12.6. The fourth-order valence-electron chi connectivity index (χ4n) is 1.86. The summed E-state index contributed by atoms with van der Waals surface area (Å²) in [7, 11) is 0. The number of benzene rings is 2. The number of Topliss-reactive ketones (excluding diaryl/α,β-unsaturated/α-hetero) is 1. The summed E-state index contributed by atoms with van der Waals surface area (Å²) >= 11 is 15.4. The Kier molecular flexibility index (Phi) is 4.82. The van der Waals surface area contributed by atoms with Gasteiger partial charge in [-0.1, -0.05) is 63.4 Å². The van der Waals surface area contributed by atoms with Gasteiger partial charge >= 0.3 is 0 Å². The molecule has 0 heterocycles. The molecule has 0 bridgehead atoms. The zero-order chi connectivity index (χ0) is 14.7. The largest absolute Gasteiger partial charge is 0.292 e. The van der Waals surface area contributed by atoms with E-state index in [-0.39, 0.29) is 15.6 Å². The lowest BCUT2D eigenvalue weighted by molar-refractivity contribution is 0.0979. The molecule has 2 nitrogen and oxygen atoms in total. The lowest BCUT2D eigenvalue weighted by atomic mass is 9.92. The molecule has 0 saturated heterocycles. The van der Waals surface area contributed by atoms with Crippen LogP contribution < -0.4 is 0 Å². The first kappa shape index (κ1) is 15.1. The quantitative estimate of drug-likeness (QED) is 0.694. The highest BCUT2D eigenvalue weighted by atomic mass is 79.9. The highest BCUT2D eigenvalue weighted by Crippen LogP contribution is 2.32. The van der Waals surface area contributed by atoms with Crippen LogP contribution in [0.3, 0.4) is 0 Å². The summed E-state index contributed by atoms with van der Waals surface area (Å²) in [6, 6.07) is 13.9. The van der Waals surface area contributed by atoms with Crippen molar-refractivity contribution in [3.8, 4) is 6.07 Å². The summed E-state index contributed by atoms with van der Waals surface area (Å²) < 4.78 is 0.697. The Bertz CT molecular complexity index is 689. The van der Waals surface area contributed by atoms with E-state index in [0.29, 0.717) is 10.0 Å². The Morgan fingerprint density at radius 1 is 1.10 bits per heavy atom. The summed E-state index contributed by atoms with van der Waals surface area (Å²) in [5.74, 6) is -1.36. The van der Waals surface area contributed by atoms with Gasteiger partial charge in [-0.15, -0.1) is 0 Å². The Balaban J connectivity index is 2.52. The SMILES string of the molecule is N#CC(C(=O)c1c(Cl)cccc1Cl)c1ccccc1Br. The predicted molar refractivity (Wildman–Crippen MR) is 83.3 cm³/mol. The Morgan fingerprint density at radius 3 is 2.25 bits per heavy atom. The molecule has 1 atom stereocenters. The van der Waals surface area contributed by atoms with E-state index in [1.165, 1.54) is 0 Å². The van der Waals surface area contributed by atoms with Gasteiger partial charge in [-0.2, -0.15) is 5.26 Å². The lowest BCUT2D eigenvalue weighted by Gasteiger charge is -2.12. The van der Waals surface area contributed by atoms with E-state index in [9.17, 15) is 10.1 Å². The standard InChI is InChI=1S/C15H8BrCl2NO/c16-11-5-2-1-4-9(11)10(8-19)15(20)14-12(17)6-3-7-13(14)18/h1-7,10H. The van der Waals surface area contributed by atoms with Crippen LogP contribution in [0.25, 0.3) is 0 Å². The van der Waals surface area contributed by atoms with Crippen molar-refractivity contribution in [2.24, 2.45) is 0 Å². The molecule has 0 spiro atoms. The fraction of sp³-hybridized carbons (Fsp3) is 0.0667. The molecule has 5 heteroatoms. The molecular formula is C15H8BrCl2NO. The van der Waals surface area contributed by atoms with Gasteiger partial charge in [-0.3, -0.25) is 4.79 Å². The van der Waals surface area contributed by atoms with E-state index in [2.05, 4.69) is 15.9 Å². The van der Waals surface area contributed by atoms with Gasteiger partial charge in [0.05, 0.1) is 21.7 Å².